The van der Waals surface area contributed by atoms with E-state index in [1.54, 1.807) is 0 Å². The van der Waals surface area contributed by atoms with Gasteiger partial charge in [-0.15, -0.1) is 0 Å². The lowest BCUT2D eigenvalue weighted by Gasteiger charge is -2.22. The van der Waals surface area contributed by atoms with E-state index in [1.165, 1.54) is 12.8 Å². The van der Waals surface area contributed by atoms with Gasteiger partial charge in [-0.1, -0.05) is 18.2 Å². The molecule has 4 heteroatoms. The van der Waals surface area contributed by atoms with Gasteiger partial charge >= 0.3 is 0 Å². The number of benzene rings is 1. The van der Waals surface area contributed by atoms with Crippen molar-refractivity contribution in [3.8, 4) is 0 Å². The summed E-state index contributed by atoms with van der Waals surface area (Å²) in [6.07, 6.45) is 2.47. The summed E-state index contributed by atoms with van der Waals surface area (Å²) in [4.78, 5) is 14.6. The van der Waals surface area contributed by atoms with Gasteiger partial charge in [0.1, 0.15) is 0 Å². The lowest BCUT2D eigenvalue weighted by atomic mass is 9.87. The van der Waals surface area contributed by atoms with E-state index < -0.39 is 0 Å². The molecule has 0 radical (unpaired) electrons. The highest BCUT2D eigenvalue weighted by molar-refractivity contribution is 5.93. The third-order valence-corrected chi connectivity index (χ3v) is 4.96. The third-order valence-electron chi connectivity index (χ3n) is 4.96. The molecule has 2 fully saturated rings. The second-order valence-corrected chi connectivity index (χ2v) is 6.70. The molecule has 114 valence electrons. The molecular formula is C17H25N3O. The Labute approximate surface area is 126 Å². The number of para-hydroxylation sites is 1. The zero-order valence-electron chi connectivity index (χ0n) is 13.0. The number of anilines is 1. The lowest BCUT2D eigenvalue weighted by Crippen LogP contribution is -2.34. The van der Waals surface area contributed by atoms with Crippen LogP contribution >= 0.6 is 0 Å². The van der Waals surface area contributed by atoms with Crippen molar-refractivity contribution in [3.63, 3.8) is 0 Å². The topological polar surface area (TPSA) is 44.4 Å². The van der Waals surface area contributed by atoms with Gasteiger partial charge in [0.15, 0.2) is 0 Å². The Bertz CT molecular complexity index is 515. The minimum Gasteiger partial charge on any atom is -0.324 e. The first-order valence-electron chi connectivity index (χ1n) is 7.87. The molecule has 3 rings (SSSR count). The van der Waals surface area contributed by atoms with Crippen LogP contribution in [0.25, 0.3) is 0 Å². The Hall–Kier alpha value is -1.39. The summed E-state index contributed by atoms with van der Waals surface area (Å²) in [6, 6.07) is 6.10. The zero-order chi connectivity index (χ0) is 14.9. The average Bonchev–Trinajstić information content (AvgIpc) is 3.05. The van der Waals surface area contributed by atoms with Crippen LogP contribution in [0.3, 0.4) is 0 Å². The van der Waals surface area contributed by atoms with Crippen LogP contribution in [0.5, 0.6) is 0 Å². The first-order chi connectivity index (χ1) is 10.1. The predicted octanol–water partition coefficient (Wildman–Crippen LogP) is 1.93. The molecule has 0 aromatic heterocycles. The fourth-order valence-electron chi connectivity index (χ4n) is 3.70. The number of rotatable bonds is 3. The fourth-order valence-corrected chi connectivity index (χ4v) is 3.70. The number of amides is 1. The van der Waals surface area contributed by atoms with Crippen LogP contribution < -0.4 is 10.6 Å². The van der Waals surface area contributed by atoms with E-state index in [2.05, 4.69) is 15.5 Å². The van der Waals surface area contributed by atoms with Gasteiger partial charge in [-0.25, -0.2) is 0 Å². The Balaban J connectivity index is 1.58. The van der Waals surface area contributed by atoms with Crippen molar-refractivity contribution < 1.29 is 4.79 Å². The van der Waals surface area contributed by atoms with Gasteiger partial charge in [0, 0.05) is 18.8 Å². The summed E-state index contributed by atoms with van der Waals surface area (Å²) >= 11 is 0. The number of aryl methyl sites for hydroxylation is 2. The highest BCUT2D eigenvalue weighted by Gasteiger charge is 2.40. The first kappa shape index (κ1) is 14.5. The van der Waals surface area contributed by atoms with Crippen molar-refractivity contribution >= 4 is 11.6 Å². The molecule has 1 spiro atoms. The van der Waals surface area contributed by atoms with Gasteiger partial charge in [0.05, 0.1) is 6.54 Å². The highest BCUT2D eigenvalue weighted by atomic mass is 16.2. The van der Waals surface area contributed by atoms with E-state index in [0.717, 1.165) is 43.0 Å². The minimum absolute atomic E-state index is 0.107. The van der Waals surface area contributed by atoms with Crippen LogP contribution in [0.2, 0.25) is 0 Å². The van der Waals surface area contributed by atoms with Crippen LogP contribution in [-0.4, -0.2) is 43.5 Å². The number of hydrogen-bond donors (Lipinski definition) is 2. The van der Waals surface area contributed by atoms with Crippen LogP contribution in [0, 0.1) is 19.3 Å². The van der Waals surface area contributed by atoms with Crippen molar-refractivity contribution in [3.05, 3.63) is 29.3 Å². The van der Waals surface area contributed by atoms with E-state index >= 15 is 0 Å². The summed E-state index contributed by atoms with van der Waals surface area (Å²) in [5.41, 5.74) is 3.65. The van der Waals surface area contributed by atoms with E-state index in [0.29, 0.717) is 12.0 Å². The number of carbonyl (C=O) groups is 1. The summed E-state index contributed by atoms with van der Waals surface area (Å²) in [5, 5.41) is 6.54. The third kappa shape index (κ3) is 3.11. The number of nitrogens with one attached hydrogen (secondary N) is 2. The largest absolute Gasteiger partial charge is 0.324 e. The average molecular weight is 287 g/mol. The molecule has 2 saturated heterocycles. The maximum absolute atomic E-state index is 12.3. The molecule has 2 N–H and O–H groups in total. The second kappa shape index (κ2) is 5.78. The molecular weight excluding hydrogens is 262 g/mol. The summed E-state index contributed by atoms with van der Waals surface area (Å²) < 4.78 is 0. The smallest absolute Gasteiger partial charge is 0.238 e. The molecule has 2 heterocycles. The van der Waals surface area contributed by atoms with Gasteiger partial charge in [-0.2, -0.15) is 0 Å². The highest BCUT2D eigenvalue weighted by Crippen LogP contribution is 2.35. The predicted molar refractivity (Wildman–Crippen MR) is 85.5 cm³/mol. The molecule has 2 aliphatic heterocycles. The SMILES string of the molecule is Cc1cccc(C)c1NC(=O)CN1CCC2(CCNC2)C1. The molecule has 1 unspecified atom stereocenters. The monoisotopic (exact) mass is 287 g/mol. The van der Waals surface area contributed by atoms with Gasteiger partial charge in [0.2, 0.25) is 5.91 Å². The molecule has 1 amide bonds. The maximum atomic E-state index is 12.3. The van der Waals surface area contributed by atoms with Gasteiger partial charge < -0.3 is 10.6 Å². The number of carbonyl (C=O) groups excluding carboxylic acids is 1. The van der Waals surface area contributed by atoms with Crippen LogP contribution in [0.4, 0.5) is 5.69 Å². The molecule has 4 nitrogen and oxygen atoms in total. The molecule has 2 aliphatic rings. The Kier molecular flexibility index (Phi) is 4.00. The van der Waals surface area contributed by atoms with Crippen LogP contribution in [0.1, 0.15) is 24.0 Å². The minimum atomic E-state index is 0.107. The molecule has 1 aromatic carbocycles. The van der Waals surface area contributed by atoms with Crippen molar-refractivity contribution in [2.75, 3.05) is 38.0 Å². The fraction of sp³-hybridized carbons (Fsp3) is 0.588. The zero-order valence-corrected chi connectivity index (χ0v) is 13.0. The van der Waals surface area contributed by atoms with E-state index in [-0.39, 0.29) is 5.91 Å². The Morgan fingerprint density at radius 2 is 2.10 bits per heavy atom. The van der Waals surface area contributed by atoms with Gasteiger partial charge in [-0.05, 0) is 56.3 Å². The second-order valence-electron chi connectivity index (χ2n) is 6.70. The van der Waals surface area contributed by atoms with E-state index in [1.807, 2.05) is 32.0 Å². The van der Waals surface area contributed by atoms with Crippen molar-refractivity contribution in [1.29, 1.82) is 0 Å². The molecule has 0 saturated carbocycles. The van der Waals surface area contributed by atoms with Crippen molar-refractivity contribution in [1.82, 2.24) is 10.2 Å². The standard InChI is InChI=1S/C17H25N3O/c1-13-4-3-5-14(2)16(13)19-15(21)10-20-9-7-17(12-20)6-8-18-11-17/h3-5,18H,6-12H2,1-2H3,(H,19,21). The Morgan fingerprint density at radius 3 is 2.76 bits per heavy atom. The van der Waals surface area contributed by atoms with Gasteiger partial charge in [-0.3, -0.25) is 9.69 Å². The van der Waals surface area contributed by atoms with Gasteiger partial charge in [0.25, 0.3) is 0 Å². The van der Waals surface area contributed by atoms with Crippen molar-refractivity contribution in [2.24, 2.45) is 5.41 Å². The quantitative estimate of drug-likeness (QED) is 0.893. The maximum Gasteiger partial charge on any atom is 0.238 e. The van der Waals surface area contributed by atoms with Crippen LogP contribution in [-0.2, 0) is 4.79 Å². The molecule has 0 aliphatic carbocycles. The summed E-state index contributed by atoms with van der Waals surface area (Å²) in [5.74, 6) is 0.107. The number of likely N-dealkylation sites (tertiary alicyclic amines) is 1. The summed E-state index contributed by atoms with van der Waals surface area (Å²) in [6.45, 7) is 8.93. The van der Waals surface area contributed by atoms with Crippen LogP contribution in [0.15, 0.2) is 18.2 Å². The number of nitrogens with zero attached hydrogens (tertiary/aromatic N) is 1. The first-order valence-corrected chi connectivity index (χ1v) is 7.87. The molecule has 1 atom stereocenters. The normalized spacial score (nSPS) is 25.6. The molecule has 0 bridgehead atoms. The van der Waals surface area contributed by atoms with E-state index in [9.17, 15) is 4.79 Å². The van der Waals surface area contributed by atoms with E-state index in [4.69, 9.17) is 0 Å². The van der Waals surface area contributed by atoms with Crippen molar-refractivity contribution in [2.45, 2.75) is 26.7 Å². The molecule has 21 heavy (non-hydrogen) atoms. The summed E-state index contributed by atoms with van der Waals surface area (Å²) in [7, 11) is 0. The Morgan fingerprint density at radius 1 is 1.33 bits per heavy atom. The molecule has 1 aromatic rings. The lowest BCUT2D eigenvalue weighted by molar-refractivity contribution is -0.117. The number of hydrogen-bond acceptors (Lipinski definition) is 3.